The zero-order chi connectivity index (χ0) is 20.7. The second kappa shape index (κ2) is 7.46. The molecule has 0 unspecified atom stereocenters. The van der Waals surface area contributed by atoms with Crippen LogP contribution >= 0.6 is 11.3 Å². The van der Waals surface area contributed by atoms with Crippen LogP contribution in [0.4, 0.5) is 5.95 Å². The molecular formula is C22H21N5O2S. The van der Waals surface area contributed by atoms with E-state index >= 15 is 0 Å². The van der Waals surface area contributed by atoms with Gasteiger partial charge >= 0.3 is 0 Å². The number of H-pyrrole nitrogens is 1. The molecule has 2 aromatic heterocycles. The number of aromatic nitrogens is 3. The number of rotatable bonds is 5. The Morgan fingerprint density at radius 3 is 3.00 bits per heavy atom. The van der Waals surface area contributed by atoms with Crippen molar-refractivity contribution in [3.63, 3.8) is 0 Å². The van der Waals surface area contributed by atoms with Crippen molar-refractivity contribution in [2.24, 2.45) is 0 Å². The van der Waals surface area contributed by atoms with Crippen LogP contribution in [0.25, 0.3) is 21.6 Å². The highest BCUT2D eigenvalue weighted by Gasteiger charge is 2.14. The highest BCUT2D eigenvalue weighted by atomic mass is 32.1. The summed E-state index contributed by atoms with van der Waals surface area (Å²) in [6.07, 6.45) is 0.955. The maximum absolute atomic E-state index is 12.1. The Hall–Kier alpha value is -3.39. The second-order valence-corrected chi connectivity index (χ2v) is 8.29. The van der Waals surface area contributed by atoms with Gasteiger partial charge in [0.2, 0.25) is 5.95 Å². The maximum atomic E-state index is 12.1. The standard InChI is InChI=1S/C22H21N5O2S/c1-27(2)21(28)15-3-5-17-18(10-15)26-22(25-17)23-11-16-12-30-20(24-16)14-4-6-19-13(9-14)7-8-29-19/h3-6,9-10,12H,7-8,11H2,1-2H3,(H2,23,25,26). The van der Waals surface area contributed by atoms with Crippen LogP contribution in [0.1, 0.15) is 21.6 Å². The first kappa shape index (κ1) is 18.6. The van der Waals surface area contributed by atoms with Crippen molar-refractivity contribution < 1.29 is 9.53 Å². The molecule has 2 N–H and O–H groups in total. The zero-order valence-electron chi connectivity index (χ0n) is 16.7. The summed E-state index contributed by atoms with van der Waals surface area (Å²) in [6.45, 7) is 1.32. The number of benzene rings is 2. The van der Waals surface area contributed by atoms with Crippen LogP contribution < -0.4 is 10.1 Å². The lowest BCUT2D eigenvalue weighted by Crippen LogP contribution is -2.21. The maximum Gasteiger partial charge on any atom is 0.253 e. The largest absolute Gasteiger partial charge is 0.493 e. The minimum Gasteiger partial charge on any atom is -0.493 e. The van der Waals surface area contributed by atoms with Crippen LogP contribution in [-0.2, 0) is 13.0 Å². The molecule has 3 heterocycles. The van der Waals surface area contributed by atoms with Gasteiger partial charge in [0.15, 0.2) is 0 Å². The van der Waals surface area contributed by atoms with Crippen molar-refractivity contribution in [1.82, 2.24) is 19.9 Å². The van der Waals surface area contributed by atoms with E-state index in [1.807, 2.05) is 18.2 Å². The molecule has 1 aliphatic heterocycles. The fourth-order valence-electron chi connectivity index (χ4n) is 3.50. The summed E-state index contributed by atoms with van der Waals surface area (Å²) in [5, 5.41) is 6.35. The molecule has 1 aliphatic rings. The number of carbonyl (C=O) groups is 1. The third kappa shape index (κ3) is 3.50. The van der Waals surface area contributed by atoms with Gasteiger partial charge in [-0.25, -0.2) is 9.97 Å². The van der Waals surface area contributed by atoms with Gasteiger partial charge in [0, 0.05) is 37.0 Å². The van der Waals surface area contributed by atoms with Crippen molar-refractivity contribution in [3.8, 4) is 16.3 Å². The van der Waals surface area contributed by atoms with Gasteiger partial charge in [-0.2, -0.15) is 0 Å². The number of imidazole rings is 1. The van der Waals surface area contributed by atoms with E-state index in [-0.39, 0.29) is 5.91 Å². The predicted octanol–water partition coefficient (Wildman–Crippen LogP) is 3.94. The van der Waals surface area contributed by atoms with Gasteiger partial charge in [-0.05, 0) is 42.0 Å². The minimum absolute atomic E-state index is 0.0332. The number of fused-ring (bicyclic) bond motifs is 2. The molecule has 0 saturated heterocycles. The molecule has 2 aromatic carbocycles. The van der Waals surface area contributed by atoms with E-state index in [1.165, 1.54) is 5.56 Å². The van der Waals surface area contributed by atoms with Gasteiger partial charge in [0.05, 0.1) is 29.9 Å². The van der Waals surface area contributed by atoms with E-state index in [0.29, 0.717) is 18.1 Å². The summed E-state index contributed by atoms with van der Waals surface area (Å²) < 4.78 is 5.58. The quantitative estimate of drug-likeness (QED) is 0.512. The fourth-order valence-corrected chi connectivity index (χ4v) is 4.32. The van der Waals surface area contributed by atoms with Crippen molar-refractivity contribution >= 4 is 34.2 Å². The lowest BCUT2D eigenvalue weighted by Gasteiger charge is -2.09. The van der Waals surface area contributed by atoms with Crippen molar-refractivity contribution in [2.45, 2.75) is 13.0 Å². The van der Waals surface area contributed by atoms with E-state index in [0.717, 1.165) is 46.1 Å². The van der Waals surface area contributed by atoms with E-state index < -0.39 is 0 Å². The molecule has 0 atom stereocenters. The summed E-state index contributed by atoms with van der Waals surface area (Å²) >= 11 is 1.63. The fraction of sp³-hybridized carbons (Fsp3) is 0.227. The molecule has 5 rings (SSSR count). The van der Waals surface area contributed by atoms with Crippen LogP contribution in [0.2, 0.25) is 0 Å². The van der Waals surface area contributed by atoms with E-state index in [2.05, 4.69) is 32.8 Å². The Kier molecular flexibility index (Phi) is 4.63. The number of anilines is 1. The molecule has 0 radical (unpaired) electrons. The number of hydrogen-bond acceptors (Lipinski definition) is 6. The second-order valence-electron chi connectivity index (χ2n) is 7.44. The first-order chi connectivity index (χ1) is 14.6. The SMILES string of the molecule is CN(C)C(=O)c1ccc2nc(NCc3csc(-c4ccc5c(c4)CCO5)n3)[nH]c2c1. The average molecular weight is 420 g/mol. The average Bonchev–Trinajstić information content (AvgIpc) is 3.49. The molecule has 152 valence electrons. The van der Waals surface area contributed by atoms with Crippen LogP contribution in [0.3, 0.4) is 0 Å². The smallest absolute Gasteiger partial charge is 0.253 e. The van der Waals surface area contributed by atoms with Crippen molar-refractivity contribution in [1.29, 1.82) is 0 Å². The normalized spacial score (nSPS) is 12.6. The molecule has 4 aromatic rings. The minimum atomic E-state index is -0.0332. The molecule has 7 nitrogen and oxygen atoms in total. The van der Waals surface area contributed by atoms with Crippen LogP contribution in [-0.4, -0.2) is 46.5 Å². The molecule has 0 spiro atoms. The molecule has 0 bridgehead atoms. The summed E-state index contributed by atoms with van der Waals surface area (Å²) in [7, 11) is 3.48. The highest BCUT2D eigenvalue weighted by Crippen LogP contribution is 2.32. The van der Waals surface area contributed by atoms with Crippen LogP contribution in [0.5, 0.6) is 5.75 Å². The Balaban J connectivity index is 1.29. The lowest BCUT2D eigenvalue weighted by molar-refractivity contribution is 0.0827. The number of nitrogens with zero attached hydrogens (tertiary/aromatic N) is 3. The third-order valence-electron chi connectivity index (χ3n) is 5.06. The van der Waals surface area contributed by atoms with Gasteiger partial charge in [-0.15, -0.1) is 11.3 Å². The van der Waals surface area contributed by atoms with E-state index in [9.17, 15) is 4.79 Å². The van der Waals surface area contributed by atoms with Gasteiger partial charge in [-0.3, -0.25) is 4.79 Å². The van der Waals surface area contributed by atoms with Crippen LogP contribution in [0.15, 0.2) is 41.8 Å². The number of carbonyl (C=O) groups excluding carboxylic acids is 1. The number of amides is 1. The number of nitrogens with one attached hydrogen (secondary N) is 2. The molecule has 1 amide bonds. The Labute approximate surface area is 177 Å². The third-order valence-corrected chi connectivity index (χ3v) is 6.00. The molecule has 0 fully saturated rings. The van der Waals surface area contributed by atoms with Gasteiger partial charge in [-0.1, -0.05) is 0 Å². The number of hydrogen-bond donors (Lipinski definition) is 2. The predicted molar refractivity (Wildman–Crippen MR) is 118 cm³/mol. The van der Waals surface area contributed by atoms with Crippen LogP contribution in [0, 0.1) is 0 Å². The van der Waals surface area contributed by atoms with E-state index in [1.54, 1.807) is 36.4 Å². The van der Waals surface area contributed by atoms with Gasteiger partial charge in [0.1, 0.15) is 10.8 Å². The number of aromatic amines is 1. The molecule has 0 aliphatic carbocycles. The molecule has 0 saturated carbocycles. The van der Waals surface area contributed by atoms with Crippen molar-refractivity contribution in [3.05, 3.63) is 58.6 Å². The summed E-state index contributed by atoms with van der Waals surface area (Å²) in [4.78, 5) is 26.2. The molecule has 30 heavy (non-hydrogen) atoms. The van der Waals surface area contributed by atoms with E-state index in [4.69, 9.17) is 9.72 Å². The topological polar surface area (TPSA) is 83.1 Å². The van der Waals surface area contributed by atoms with Crippen molar-refractivity contribution in [2.75, 3.05) is 26.0 Å². The Bertz CT molecular complexity index is 1240. The first-order valence-electron chi connectivity index (χ1n) is 9.72. The first-order valence-corrected chi connectivity index (χ1v) is 10.6. The number of ether oxygens (including phenoxy) is 1. The molecule has 8 heteroatoms. The number of thiazole rings is 1. The Morgan fingerprint density at radius 1 is 1.23 bits per heavy atom. The monoisotopic (exact) mass is 419 g/mol. The molecular weight excluding hydrogens is 398 g/mol. The Morgan fingerprint density at radius 2 is 2.13 bits per heavy atom. The zero-order valence-corrected chi connectivity index (χ0v) is 17.5. The van der Waals surface area contributed by atoms with Gasteiger partial charge < -0.3 is 19.9 Å². The lowest BCUT2D eigenvalue weighted by atomic mass is 10.1. The summed E-state index contributed by atoms with van der Waals surface area (Å²) in [5.41, 5.74) is 5.59. The highest BCUT2D eigenvalue weighted by molar-refractivity contribution is 7.13. The van der Waals surface area contributed by atoms with Gasteiger partial charge in [0.25, 0.3) is 5.91 Å². The summed E-state index contributed by atoms with van der Waals surface area (Å²) in [6, 6.07) is 11.7. The summed E-state index contributed by atoms with van der Waals surface area (Å²) in [5.74, 6) is 1.61.